The van der Waals surface area contributed by atoms with Crippen LogP contribution in [0.25, 0.3) is 0 Å². The number of hydrogen-bond acceptors (Lipinski definition) is 3. The first-order valence-electron chi connectivity index (χ1n) is 9.04. The third-order valence-corrected chi connectivity index (χ3v) is 6.28. The summed E-state index contributed by atoms with van der Waals surface area (Å²) in [7, 11) is 0. The summed E-state index contributed by atoms with van der Waals surface area (Å²) in [5, 5.41) is 12.7. The smallest absolute Gasteiger partial charge is 0.226 e. The summed E-state index contributed by atoms with van der Waals surface area (Å²) in [6.07, 6.45) is 0.336. The van der Waals surface area contributed by atoms with Crippen molar-refractivity contribution in [3.63, 3.8) is 0 Å². The Morgan fingerprint density at radius 3 is 2.39 bits per heavy atom. The Balaban J connectivity index is 1.68. The molecule has 3 aromatic rings. The van der Waals surface area contributed by atoms with Crippen LogP contribution in [0, 0.1) is 27.7 Å². The Morgan fingerprint density at radius 2 is 1.75 bits per heavy atom. The van der Waals surface area contributed by atoms with Gasteiger partial charge in [0.15, 0.2) is 0 Å². The average Bonchev–Trinajstić information content (AvgIpc) is 3.06. The largest absolute Gasteiger partial charge is 0.323 e. The van der Waals surface area contributed by atoms with Crippen molar-refractivity contribution >= 4 is 39.1 Å². The summed E-state index contributed by atoms with van der Waals surface area (Å²) < 4.78 is 4.70. The molecule has 0 radical (unpaired) electrons. The minimum Gasteiger partial charge on any atom is -0.323 e. The number of rotatable bonds is 6. The Bertz CT molecular complexity index is 1020. The molecule has 0 saturated carbocycles. The molecular formula is C20H23BrClN5O. The van der Waals surface area contributed by atoms with E-state index in [1.165, 1.54) is 0 Å². The number of carbonyl (C=O) groups is 1. The SMILES string of the molecule is Cc1nn(CCC(=O)Nc2c(C)nn(Cc3ccccc3Cl)c2C)c(C)c1Br. The first-order chi connectivity index (χ1) is 13.3. The van der Waals surface area contributed by atoms with Gasteiger partial charge in [0.1, 0.15) is 0 Å². The van der Waals surface area contributed by atoms with Crippen LogP contribution in [-0.2, 0) is 17.9 Å². The fourth-order valence-electron chi connectivity index (χ4n) is 3.12. The predicted molar refractivity (Wildman–Crippen MR) is 115 cm³/mol. The van der Waals surface area contributed by atoms with Crippen molar-refractivity contribution in [3.8, 4) is 0 Å². The summed E-state index contributed by atoms with van der Waals surface area (Å²) in [4.78, 5) is 12.5. The van der Waals surface area contributed by atoms with E-state index in [-0.39, 0.29) is 5.91 Å². The molecule has 0 atom stereocenters. The van der Waals surface area contributed by atoms with Crippen LogP contribution in [0.5, 0.6) is 0 Å². The van der Waals surface area contributed by atoms with Crippen molar-refractivity contribution < 1.29 is 4.79 Å². The molecule has 0 aliphatic rings. The molecule has 1 aromatic carbocycles. The van der Waals surface area contributed by atoms with Crippen LogP contribution in [0.1, 0.15) is 34.8 Å². The van der Waals surface area contributed by atoms with E-state index in [1.807, 2.05) is 61.3 Å². The maximum absolute atomic E-state index is 12.5. The zero-order chi connectivity index (χ0) is 20.4. The Morgan fingerprint density at radius 1 is 1.07 bits per heavy atom. The van der Waals surface area contributed by atoms with Gasteiger partial charge in [-0.3, -0.25) is 14.2 Å². The molecule has 148 valence electrons. The van der Waals surface area contributed by atoms with Crippen molar-refractivity contribution in [2.45, 2.75) is 47.2 Å². The molecule has 0 bridgehead atoms. The number of amides is 1. The molecule has 1 amide bonds. The van der Waals surface area contributed by atoms with E-state index in [2.05, 4.69) is 31.4 Å². The molecule has 6 nitrogen and oxygen atoms in total. The molecule has 0 saturated heterocycles. The lowest BCUT2D eigenvalue weighted by molar-refractivity contribution is -0.116. The minimum atomic E-state index is -0.0628. The van der Waals surface area contributed by atoms with Crippen molar-refractivity contribution in [1.29, 1.82) is 0 Å². The summed E-state index contributed by atoms with van der Waals surface area (Å²) in [5.41, 5.74) is 5.37. The van der Waals surface area contributed by atoms with Crippen molar-refractivity contribution in [2.24, 2.45) is 0 Å². The number of benzene rings is 1. The molecule has 1 N–H and O–H groups in total. The van der Waals surface area contributed by atoms with Crippen LogP contribution in [0.15, 0.2) is 28.7 Å². The molecule has 0 fully saturated rings. The predicted octanol–water partition coefficient (Wildman–Crippen LogP) is 4.81. The van der Waals surface area contributed by atoms with Crippen LogP contribution in [-0.4, -0.2) is 25.5 Å². The summed E-state index contributed by atoms with van der Waals surface area (Å²) >= 11 is 9.77. The fourth-order valence-corrected chi connectivity index (χ4v) is 3.60. The molecule has 0 unspecified atom stereocenters. The Hall–Kier alpha value is -2.12. The van der Waals surface area contributed by atoms with Gasteiger partial charge >= 0.3 is 0 Å². The van der Waals surface area contributed by atoms with Crippen LogP contribution in [0.2, 0.25) is 5.02 Å². The average molecular weight is 465 g/mol. The van der Waals surface area contributed by atoms with Crippen molar-refractivity contribution in [2.75, 3.05) is 5.32 Å². The third kappa shape index (κ3) is 4.31. The highest BCUT2D eigenvalue weighted by Gasteiger charge is 2.16. The third-order valence-electron chi connectivity index (χ3n) is 4.77. The summed E-state index contributed by atoms with van der Waals surface area (Å²) in [6.45, 7) is 8.84. The molecule has 0 spiro atoms. The van der Waals surface area contributed by atoms with Crippen LogP contribution < -0.4 is 5.32 Å². The highest BCUT2D eigenvalue weighted by Crippen LogP contribution is 2.23. The van der Waals surface area contributed by atoms with E-state index >= 15 is 0 Å². The summed E-state index contributed by atoms with van der Waals surface area (Å²) in [6, 6.07) is 7.69. The van der Waals surface area contributed by atoms with Crippen molar-refractivity contribution in [1.82, 2.24) is 19.6 Å². The van der Waals surface area contributed by atoms with Crippen LogP contribution in [0.3, 0.4) is 0 Å². The Labute approximate surface area is 178 Å². The summed E-state index contributed by atoms with van der Waals surface area (Å²) in [5.74, 6) is -0.0628. The highest BCUT2D eigenvalue weighted by atomic mass is 79.9. The van der Waals surface area contributed by atoms with E-state index in [4.69, 9.17) is 11.6 Å². The van der Waals surface area contributed by atoms with Crippen LogP contribution >= 0.6 is 27.5 Å². The van der Waals surface area contributed by atoms with Gasteiger partial charge in [-0.1, -0.05) is 29.8 Å². The van der Waals surface area contributed by atoms with Gasteiger partial charge in [0.05, 0.1) is 40.3 Å². The molecular weight excluding hydrogens is 442 g/mol. The van der Waals surface area contributed by atoms with Gasteiger partial charge in [-0.25, -0.2) is 0 Å². The van der Waals surface area contributed by atoms with E-state index in [1.54, 1.807) is 0 Å². The number of anilines is 1. The number of aryl methyl sites for hydroxylation is 3. The number of hydrogen-bond donors (Lipinski definition) is 1. The maximum Gasteiger partial charge on any atom is 0.226 e. The standard InChI is InChI=1S/C20H23BrClN5O/c1-12-19(21)14(3)26(24-12)10-9-18(28)23-20-13(2)25-27(15(20)4)11-16-7-5-6-8-17(16)22/h5-8H,9-11H2,1-4H3,(H,23,28). The topological polar surface area (TPSA) is 64.7 Å². The number of nitrogens with zero attached hydrogens (tertiary/aromatic N) is 4. The second kappa shape index (κ2) is 8.49. The molecule has 28 heavy (non-hydrogen) atoms. The monoisotopic (exact) mass is 463 g/mol. The number of aromatic nitrogens is 4. The van der Waals surface area contributed by atoms with Gasteiger partial charge in [0, 0.05) is 17.1 Å². The molecule has 2 aromatic heterocycles. The van der Waals surface area contributed by atoms with Gasteiger partial charge in [-0.15, -0.1) is 0 Å². The number of nitrogens with one attached hydrogen (secondary N) is 1. The number of carbonyl (C=O) groups excluding carboxylic acids is 1. The lowest BCUT2D eigenvalue weighted by Crippen LogP contribution is -2.16. The highest BCUT2D eigenvalue weighted by molar-refractivity contribution is 9.10. The maximum atomic E-state index is 12.5. The lowest BCUT2D eigenvalue weighted by Gasteiger charge is -2.09. The molecule has 8 heteroatoms. The lowest BCUT2D eigenvalue weighted by atomic mass is 10.2. The molecule has 0 aliphatic heterocycles. The molecule has 2 heterocycles. The second-order valence-electron chi connectivity index (χ2n) is 6.80. The molecule has 0 aliphatic carbocycles. The van der Waals surface area contributed by atoms with Gasteiger partial charge in [-0.2, -0.15) is 10.2 Å². The Kier molecular flexibility index (Phi) is 6.25. The van der Waals surface area contributed by atoms with Crippen LogP contribution in [0.4, 0.5) is 5.69 Å². The van der Waals surface area contributed by atoms with E-state index < -0.39 is 0 Å². The fraction of sp³-hybridized carbons (Fsp3) is 0.350. The van der Waals surface area contributed by atoms with Gasteiger partial charge in [-0.05, 0) is 55.3 Å². The zero-order valence-electron chi connectivity index (χ0n) is 16.4. The normalized spacial score (nSPS) is 11.1. The quantitative estimate of drug-likeness (QED) is 0.569. The van der Waals surface area contributed by atoms with E-state index in [9.17, 15) is 4.79 Å². The first-order valence-corrected chi connectivity index (χ1v) is 10.2. The van der Waals surface area contributed by atoms with Crippen molar-refractivity contribution in [3.05, 3.63) is 62.1 Å². The second-order valence-corrected chi connectivity index (χ2v) is 8.00. The first kappa shape index (κ1) is 20.6. The number of halogens is 2. The van der Waals surface area contributed by atoms with Gasteiger partial charge in [0.25, 0.3) is 0 Å². The molecule has 3 rings (SSSR count). The van der Waals surface area contributed by atoms with Gasteiger partial charge in [0.2, 0.25) is 5.91 Å². The minimum absolute atomic E-state index is 0.0628. The zero-order valence-corrected chi connectivity index (χ0v) is 18.7. The van der Waals surface area contributed by atoms with Gasteiger partial charge < -0.3 is 5.32 Å². The van der Waals surface area contributed by atoms with E-state index in [0.717, 1.165) is 38.5 Å². The van der Waals surface area contributed by atoms with E-state index in [0.29, 0.717) is 24.5 Å².